The SMILES string of the molecule is Cc1ccccc1C(C)(C)Cc1ccc(C(C)(C)C)nc1. The molecule has 0 unspecified atom stereocenters. The summed E-state index contributed by atoms with van der Waals surface area (Å²) in [5.74, 6) is 0. The van der Waals surface area contributed by atoms with Crippen molar-refractivity contribution in [3.8, 4) is 0 Å². The fourth-order valence-corrected chi connectivity index (χ4v) is 2.91. The number of hydrogen-bond donors (Lipinski definition) is 0. The van der Waals surface area contributed by atoms with E-state index in [-0.39, 0.29) is 10.8 Å². The lowest BCUT2D eigenvalue weighted by Gasteiger charge is -2.27. The lowest BCUT2D eigenvalue weighted by molar-refractivity contribution is 0.516. The maximum Gasteiger partial charge on any atom is 0.0457 e. The van der Waals surface area contributed by atoms with Crippen molar-refractivity contribution in [2.45, 2.75) is 58.8 Å². The van der Waals surface area contributed by atoms with Crippen molar-refractivity contribution in [1.29, 1.82) is 0 Å². The van der Waals surface area contributed by atoms with E-state index in [1.165, 1.54) is 16.7 Å². The van der Waals surface area contributed by atoms with Crippen LogP contribution in [0.3, 0.4) is 0 Å². The first kappa shape index (κ1) is 15.8. The van der Waals surface area contributed by atoms with Crippen molar-refractivity contribution < 1.29 is 0 Å². The van der Waals surface area contributed by atoms with E-state index < -0.39 is 0 Å². The summed E-state index contributed by atoms with van der Waals surface area (Å²) in [6.07, 6.45) is 3.05. The Bertz CT molecular complexity index is 600. The smallest absolute Gasteiger partial charge is 0.0457 e. The minimum absolute atomic E-state index is 0.115. The third kappa shape index (κ3) is 3.72. The molecule has 2 rings (SSSR count). The summed E-state index contributed by atoms with van der Waals surface area (Å²) in [5.41, 5.74) is 5.48. The summed E-state index contributed by atoms with van der Waals surface area (Å²) in [7, 11) is 0. The lowest BCUT2D eigenvalue weighted by atomic mass is 9.77. The third-order valence-electron chi connectivity index (χ3n) is 4.11. The number of hydrogen-bond acceptors (Lipinski definition) is 1. The largest absolute Gasteiger partial charge is 0.260 e. The second-order valence-corrected chi connectivity index (χ2v) is 7.68. The zero-order valence-corrected chi connectivity index (χ0v) is 14.2. The molecule has 0 atom stereocenters. The number of benzene rings is 1. The maximum atomic E-state index is 4.65. The van der Waals surface area contributed by atoms with Crippen LogP contribution in [0.5, 0.6) is 0 Å². The number of pyridine rings is 1. The van der Waals surface area contributed by atoms with Gasteiger partial charge in [0.1, 0.15) is 0 Å². The minimum atomic E-state index is 0.115. The molecule has 0 N–H and O–H groups in total. The van der Waals surface area contributed by atoms with Crippen molar-refractivity contribution in [3.05, 3.63) is 65.0 Å². The molecule has 0 spiro atoms. The third-order valence-corrected chi connectivity index (χ3v) is 4.11. The second-order valence-electron chi connectivity index (χ2n) is 7.68. The average molecular weight is 281 g/mol. The van der Waals surface area contributed by atoms with Crippen LogP contribution in [0.2, 0.25) is 0 Å². The Morgan fingerprint density at radius 3 is 2.10 bits per heavy atom. The van der Waals surface area contributed by atoms with Gasteiger partial charge >= 0.3 is 0 Å². The van der Waals surface area contributed by atoms with Crippen molar-refractivity contribution in [2.75, 3.05) is 0 Å². The van der Waals surface area contributed by atoms with Crippen molar-refractivity contribution in [2.24, 2.45) is 0 Å². The molecule has 112 valence electrons. The Labute approximate surface area is 129 Å². The minimum Gasteiger partial charge on any atom is -0.260 e. The van der Waals surface area contributed by atoms with Gasteiger partial charge in [0.2, 0.25) is 0 Å². The molecule has 0 saturated carbocycles. The van der Waals surface area contributed by atoms with Gasteiger partial charge in [-0.05, 0) is 41.5 Å². The van der Waals surface area contributed by atoms with Crippen LogP contribution in [0.25, 0.3) is 0 Å². The molecule has 0 bridgehead atoms. The predicted octanol–water partition coefficient (Wildman–Crippen LogP) is 5.21. The Morgan fingerprint density at radius 1 is 0.905 bits per heavy atom. The monoisotopic (exact) mass is 281 g/mol. The van der Waals surface area contributed by atoms with E-state index in [1.807, 2.05) is 6.20 Å². The molecule has 1 heterocycles. The van der Waals surface area contributed by atoms with E-state index in [1.54, 1.807) is 0 Å². The first-order valence-corrected chi connectivity index (χ1v) is 7.72. The highest BCUT2D eigenvalue weighted by Gasteiger charge is 2.23. The lowest BCUT2D eigenvalue weighted by Crippen LogP contribution is -2.22. The summed E-state index contributed by atoms with van der Waals surface area (Å²) in [6, 6.07) is 13.1. The number of aromatic nitrogens is 1. The number of nitrogens with zero attached hydrogens (tertiary/aromatic N) is 1. The van der Waals surface area contributed by atoms with Crippen molar-refractivity contribution in [3.63, 3.8) is 0 Å². The van der Waals surface area contributed by atoms with Crippen LogP contribution >= 0.6 is 0 Å². The highest BCUT2D eigenvalue weighted by Crippen LogP contribution is 2.30. The van der Waals surface area contributed by atoms with Gasteiger partial charge in [-0.2, -0.15) is 0 Å². The molecule has 0 aliphatic rings. The molecule has 21 heavy (non-hydrogen) atoms. The first-order chi connectivity index (χ1) is 9.70. The highest BCUT2D eigenvalue weighted by molar-refractivity contribution is 5.34. The van der Waals surface area contributed by atoms with Gasteiger partial charge in [-0.25, -0.2) is 0 Å². The summed E-state index contributed by atoms with van der Waals surface area (Å²) < 4.78 is 0. The first-order valence-electron chi connectivity index (χ1n) is 7.72. The average Bonchev–Trinajstić information content (AvgIpc) is 2.38. The van der Waals surface area contributed by atoms with E-state index in [4.69, 9.17) is 0 Å². The molecule has 2 aromatic rings. The Morgan fingerprint density at radius 2 is 1.57 bits per heavy atom. The molecular formula is C20H27N. The molecule has 0 fully saturated rings. The van der Waals surface area contributed by atoms with Gasteiger partial charge in [-0.1, -0.05) is 65.0 Å². The fraction of sp³-hybridized carbons (Fsp3) is 0.450. The normalized spacial score (nSPS) is 12.5. The van der Waals surface area contributed by atoms with Crippen LogP contribution in [0.1, 0.15) is 57.0 Å². The molecule has 1 aromatic carbocycles. The molecule has 0 saturated heterocycles. The molecule has 1 aromatic heterocycles. The summed E-state index contributed by atoms with van der Waals surface area (Å²) in [6.45, 7) is 13.4. The van der Waals surface area contributed by atoms with Gasteiger partial charge in [0.15, 0.2) is 0 Å². The number of aryl methyl sites for hydroxylation is 1. The molecule has 1 heteroatoms. The van der Waals surface area contributed by atoms with Crippen LogP contribution in [-0.4, -0.2) is 4.98 Å². The second kappa shape index (κ2) is 5.63. The molecule has 0 amide bonds. The van der Waals surface area contributed by atoms with Crippen molar-refractivity contribution in [1.82, 2.24) is 4.98 Å². The van der Waals surface area contributed by atoms with Gasteiger partial charge in [-0.15, -0.1) is 0 Å². The standard InChI is InChI=1S/C20H27N/c1-15-9-7-8-10-17(15)20(5,6)13-16-11-12-18(21-14-16)19(2,3)4/h7-12,14H,13H2,1-6H3. The van der Waals surface area contributed by atoms with Gasteiger partial charge in [0.25, 0.3) is 0 Å². The van der Waals surface area contributed by atoms with Gasteiger partial charge < -0.3 is 0 Å². The van der Waals surface area contributed by atoms with Crippen LogP contribution in [-0.2, 0) is 17.3 Å². The van der Waals surface area contributed by atoms with E-state index in [9.17, 15) is 0 Å². The molecule has 0 radical (unpaired) electrons. The maximum absolute atomic E-state index is 4.65. The van der Waals surface area contributed by atoms with E-state index in [2.05, 4.69) is 82.9 Å². The Hall–Kier alpha value is -1.63. The predicted molar refractivity (Wildman–Crippen MR) is 90.8 cm³/mol. The van der Waals surface area contributed by atoms with E-state index >= 15 is 0 Å². The zero-order chi connectivity index (χ0) is 15.7. The molecular weight excluding hydrogens is 254 g/mol. The van der Waals surface area contributed by atoms with Crippen molar-refractivity contribution >= 4 is 0 Å². The van der Waals surface area contributed by atoms with Crippen LogP contribution < -0.4 is 0 Å². The Kier molecular flexibility index (Phi) is 4.22. The van der Waals surface area contributed by atoms with Gasteiger partial charge in [-0.3, -0.25) is 4.98 Å². The van der Waals surface area contributed by atoms with E-state index in [0.29, 0.717) is 0 Å². The Balaban J connectivity index is 2.23. The zero-order valence-electron chi connectivity index (χ0n) is 14.2. The van der Waals surface area contributed by atoms with Gasteiger partial charge in [0, 0.05) is 17.3 Å². The fourth-order valence-electron chi connectivity index (χ4n) is 2.91. The van der Waals surface area contributed by atoms with Crippen LogP contribution in [0.4, 0.5) is 0 Å². The summed E-state index contributed by atoms with van der Waals surface area (Å²) in [4.78, 5) is 4.65. The summed E-state index contributed by atoms with van der Waals surface area (Å²) >= 11 is 0. The number of rotatable bonds is 3. The van der Waals surface area contributed by atoms with E-state index in [0.717, 1.165) is 12.1 Å². The molecule has 0 aliphatic carbocycles. The van der Waals surface area contributed by atoms with Crippen LogP contribution in [0.15, 0.2) is 42.6 Å². The van der Waals surface area contributed by atoms with Gasteiger partial charge in [0.05, 0.1) is 0 Å². The quantitative estimate of drug-likeness (QED) is 0.752. The highest BCUT2D eigenvalue weighted by atomic mass is 14.7. The molecule has 1 nitrogen and oxygen atoms in total. The molecule has 0 aliphatic heterocycles. The summed E-state index contributed by atoms with van der Waals surface area (Å²) in [5, 5.41) is 0. The topological polar surface area (TPSA) is 12.9 Å². The van der Waals surface area contributed by atoms with Crippen LogP contribution in [0, 0.1) is 6.92 Å².